The van der Waals surface area contributed by atoms with Gasteiger partial charge < -0.3 is 9.47 Å². The molecule has 0 aliphatic rings. The van der Waals surface area contributed by atoms with Gasteiger partial charge in [0.25, 0.3) is 0 Å². The van der Waals surface area contributed by atoms with Crippen molar-refractivity contribution >= 4 is 29.0 Å². The van der Waals surface area contributed by atoms with E-state index in [4.69, 9.17) is 0 Å². The van der Waals surface area contributed by atoms with Gasteiger partial charge in [-0.1, -0.05) is 30.0 Å². The average Bonchev–Trinajstić information content (AvgIpc) is 3.29. The first-order valence-corrected chi connectivity index (χ1v) is 9.91. The van der Waals surface area contributed by atoms with Crippen LogP contribution in [0.2, 0.25) is 0 Å². The number of rotatable bonds is 6. The first kappa shape index (κ1) is 18.6. The highest BCUT2D eigenvalue weighted by Gasteiger charge is 2.19. The quantitative estimate of drug-likeness (QED) is 0.597. The number of nitrogens with zero attached hydrogens (tertiary/aromatic N) is 4. The molecular weight excluding hydrogens is 371 g/mol. The highest BCUT2D eigenvalue weighted by molar-refractivity contribution is 7.99. The van der Waals surface area contributed by atoms with Gasteiger partial charge in [0.1, 0.15) is 5.82 Å². The molecule has 0 aliphatic heterocycles. The van der Waals surface area contributed by atoms with Crippen LogP contribution >= 0.6 is 23.1 Å². The summed E-state index contributed by atoms with van der Waals surface area (Å²) < 4.78 is 15.0. The second kappa shape index (κ2) is 8.01. The maximum absolute atomic E-state index is 13.1. The molecule has 8 heteroatoms. The Balaban J connectivity index is 1.62. The molecule has 0 bridgehead atoms. The SMILES string of the molecule is CC(c1ccc(F)cc1)N(C)C(=O)CSc1nnc(-c2cccs2)n1C. The molecule has 1 unspecified atom stereocenters. The minimum Gasteiger partial charge on any atom is -0.338 e. The number of hydrogen-bond donors (Lipinski definition) is 0. The van der Waals surface area contributed by atoms with Gasteiger partial charge in [-0.3, -0.25) is 4.79 Å². The number of carbonyl (C=O) groups is 1. The van der Waals surface area contributed by atoms with Gasteiger partial charge in [-0.2, -0.15) is 0 Å². The van der Waals surface area contributed by atoms with Gasteiger partial charge >= 0.3 is 0 Å². The van der Waals surface area contributed by atoms with Crippen molar-refractivity contribution in [3.63, 3.8) is 0 Å². The lowest BCUT2D eigenvalue weighted by atomic mass is 10.1. The van der Waals surface area contributed by atoms with Crippen molar-refractivity contribution in [3.05, 3.63) is 53.2 Å². The second-order valence-electron chi connectivity index (χ2n) is 5.86. The zero-order valence-electron chi connectivity index (χ0n) is 14.7. The van der Waals surface area contributed by atoms with Crippen LogP contribution in [-0.2, 0) is 11.8 Å². The fraction of sp³-hybridized carbons (Fsp3) is 0.278. The molecule has 26 heavy (non-hydrogen) atoms. The standard InChI is InChI=1S/C18H19FN4OS2/c1-12(13-6-8-14(19)9-7-13)22(2)16(24)11-26-18-21-20-17(23(18)3)15-5-4-10-25-15/h4-10,12H,11H2,1-3H3. The van der Waals surface area contributed by atoms with Crippen LogP contribution in [-0.4, -0.2) is 38.4 Å². The van der Waals surface area contributed by atoms with Crippen LogP contribution in [0.3, 0.4) is 0 Å². The van der Waals surface area contributed by atoms with E-state index in [0.717, 1.165) is 16.3 Å². The number of hydrogen-bond acceptors (Lipinski definition) is 5. The predicted molar refractivity (Wildman–Crippen MR) is 103 cm³/mol. The number of benzene rings is 1. The predicted octanol–water partition coefficient (Wildman–Crippen LogP) is 3.99. The summed E-state index contributed by atoms with van der Waals surface area (Å²) in [5.74, 6) is 0.753. The zero-order chi connectivity index (χ0) is 18.7. The number of thiophene rings is 1. The van der Waals surface area contributed by atoms with E-state index < -0.39 is 0 Å². The molecule has 0 radical (unpaired) electrons. The molecule has 3 aromatic rings. The first-order valence-electron chi connectivity index (χ1n) is 8.04. The van der Waals surface area contributed by atoms with Crippen molar-refractivity contribution in [3.8, 4) is 10.7 Å². The Kier molecular flexibility index (Phi) is 5.73. The van der Waals surface area contributed by atoms with Crippen LogP contribution < -0.4 is 0 Å². The van der Waals surface area contributed by atoms with Crippen molar-refractivity contribution < 1.29 is 9.18 Å². The lowest BCUT2D eigenvalue weighted by Crippen LogP contribution is -2.31. The Morgan fingerprint density at radius 3 is 2.69 bits per heavy atom. The van der Waals surface area contributed by atoms with Crippen LogP contribution in [0.15, 0.2) is 46.9 Å². The van der Waals surface area contributed by atoms with Gasteiger partial charge in [0.05, 0.1) is 16.7 Å². The number of amides is 1. The molecule has 0 spiro atoms. The third-order valence-electron chi connectivity index (χ3n) is 4.23. The lowest BCUT2D eigenvalue weighted by molar-refractivity contribution is -0.128. The molecule has 3 rings (SSSR count). The molecule has 2 aromatic heterocycles. The topological polar surface area (TPSA) is 51.0 Å². The van der Waals surface area contributed by atoms with Crippen molar-refractivity contribution in [2.24, 2.45) is 7.05 Å². The van der Waals surface area contributed by atoms with Gasteiger partial charge in [0, 0.05) is 14.1 Å². The van der Waals surface area contributed by atoms with Gasteiger partial charge in [0.15, 0.2) is 11.0 Å². The van der Waals surface area contributed by atoms with Gasteiger partial charge in [-0.25, -0.2) is 4.39 Å². The molecule has 0 saturated heterocycles. The van der Waals surface area contributed by atoms with Gasteiger partial charge in [-0.05, 0) is 36.1 Å². The fourth-order valence-corrected chi connectivity index (χ4v) is 4.05. The molecule has 0 aliphatic carbocycles. The maximum atomic E-state index is 13.1. The van der Waals surface area contributed by atoms with E-state index in [1.165, 1.54) is 23.9 Å². The molecule has 1 aromatic carbocycles. The number of halogens is 1. The van der Waals surface area contributed by atoms with E-state index in [1.54, 1.807) is 35.4 Å². The highest BCUT2D eigenvalue weighted by Crippen LogP contribution is 2.27. The van der Waals surface area contributed by atoms with Crippen molar-refractivity contribution in [1.29, 1.82) is 0 Å². The molecule has 136 valence electrons. The average molecular weight is 391 g/mol. The van der Waals surface area contributed by atoms with Crippen LogP contribution in [0.25, 0.3) is 10.7 Å². The molecule has 1 atom stereocenters. The summed E-state index contributed by atoms with van der Waals surface area (Å²) in [6.07, 6.45) is 0. The summed E-state index contributed by atoms with van der Waals surface area (Å²) in [7, 11) is 3.65. The van der Waals surface area contributed by atoms with E-state index in [9.17, 15) is 9.18 Å². The largest absolute Gasteiger partial charge is 0.338 e. The van der Waals surface area contributed by atoms with Gasteiger partial charge in [0.2, 0.25) is 5.91 Å². The van der Waals surface area contributed by atoms with Crippen LogP contribution in [0, 0.1) is 5.82 Å². The molecule has 1 amide bonds. The molecule has 0 saturated carbocycles. The maximum Gasteiger partial charge on any atom is 0.233 e. The van der Waals surface area contributed by atoms with E-state index in [1.807, 2.05) is 36.1 Å². The Hall–Kier alpha value is -2.19. The van der Waals surface area contributed by atoms with Gasteiger partial charge in [-0.15, -0.1) is 21.5 Å². The minimum absolute atomic E-state index is 0.0208. The van der Waals surface area contributed by atoms with Crippen molar-refractivity contribution in [1.82, 2.24) is 19.7 Å². The number of carbonyl (C=O) groups excluding carboxylic acids is 1. The van der Waals surface area contributed by atoms with E-state index in [-0.39, 0.29) is 23.5 Å². The third-order valence-corrected chi connectivity index (χ3v) is 6.10. The Labute approximate surface area is 159 Å². The lowest BCUT2D eigenvalue weighted by Gasteiger charge is -2.25. The first-order chi connectivity index (χ1) is 12.5. The van der Waals surface area contributed by atoms with Crippen LogP contribution in [0.4, 0.5) is 4.39 Å². The Morgan fingerprint density at radius 2 is 2.04 bits per heavy atom. The van der Waals surface area contributed by atoms with E-state index in [2.05, 4.69) is 10.2 Å². The molecule has 5 nitrogen and oxygen atoms in total. The highest BCUT2D eigenvalue weighted by atomic mass is 32.2. The molecule has 2 heterocycles. The zero-order valence-corrected chi connectivity index (χ0v) is 16.4. The number of thioether (sulfide) groups is 1. The fourth-order valence-electron chi connectivity index (χ4n) is 2.47. The summed E-state index contributed by atoms with van der Waals surface area (Å²) in [6.45, 7) is 1.92. The molecule has 0 N–H and O–H groups in total. The Bertz CT molecular complexity index is 877. The summed E-state index contributed by atoms with van der Waals surface area (Å²) in [5.41, 5.74) is 0.894. The second-order valence-corrected chi connectivity index (χ2v) is 7.75. The van der Waals surface area contributed by atoms with E-state index in [0.29, 0.717) is 5.16 Å². The third kappa shape index (κ3) is 3.96. The summed E-state index contributed by atoms with van der Waals surface area (Å²) in [5, 5.41) is 11.1. The molecular formula is C18H19FN4OS2. The summed E-state index contributed by atoms with van der Waals surface area (Å²) in [4.78, 5) is 15.2. The normalized spacial score (nSPS) is 12.2. The van der Waals surface area contributed by atoms with Crippen molar-refractivity contribution in [2.45, 2.75) is 18.1 Å². The minimum atomic E-state index is -0.283. The van der Waals surface area contributed by atoms with Crippen molar-refractivity contribution in [2.75, 3.05) is 12.8 Å². The van der Waals surface area contributed by atoms with Crippen LogP contribution in [0.1, 0.15) is 18.5 Å². The summed E-state index contributed by atoms with van der Waals surface area (Å²) in [6, 6.07) is 10.0. The Morgan fingerprint density at radius 1 is 1.31 bits per heavy atom. The van der Waals surface area contributed by atoms with E-state index >= 15 is 0 Å². The smallest absolute Gasteiger partial charge is 0.233 e. The molecule has 0 fully saturated rings. The summed E-state index contributed by atoms with van der Waals surface area (Å²) >= 11 is 2.96. The number of aromatic nitrogens is 3. The van der Waals surface area contributed by atoms with Crippen LogP contribution in [0.5, 0.6) is 0 Å². The monoisotopic (exact) mass is 390 g/mol.